The van der Waals surface area contributed by atoms with E-state index in [4.69, 9.17) is 14.2 Å². The van der Waals surface area contributed by atoms with Crippen molar-refractivity contribution in [3.63, 3.8) is 0 Å². The zero-order valence-corrected chi connectivity index (χ0v) is 18.0. The average Bonchev–Trinajstić information content (AvgIpc) is 2.77. The Morgan fingerprint density at radius 2 is 1.57 bits per heavy atom. The van der Waals surface area contributed by atoms with E-state index in [2.05, 4.69) is 13.8 Å². The second-order valence-corrected chi connectivity index (χ2v) is 7.32. The van der Waals surface area contributed by atoms with Gasteiger partial charge in [-0.3, -0.25) is 9.59 Å². The molecule has 1 atom stereocenters. The molecule has 162 valence electrons. The smallest absolute Gasteiger partial charge is 0.306 e. The van der Waals surface area contributed by atoms with Crippen LogP contribution in [0.25, 0.3) is 0 Å². The van der Waals surface area contributed by atoms with E-state index in [9.17, 15) is 9.59 Å². The molecule has 0 bridgehead atoms. The number of ether oxygens (including phenoxy) is 3. The lowest BCUT2D eigenvalue weighted by atomic mass is 10.0. The summed E-state index contributed by atoms with van der Waals surface area (Å²) in [5, 5.41) is 0. The topological polar surface area (TPSA) is 61.8 Å². The number of carbonyl (C=O) groups excluding carboxylic acids is 2. The molecule has 2 aromatic rings. The molecule has 0 saturated heterocycles. The standard InChI is InChI=1S/C25H32O5/c1-3-5-10-20(4-2)18-28-24(26)15-16-25(27)29-19-21-11-9-14-23(17-21)30-22-12-7-6-8-13-22/h6-9,11-14,17,20H,3-5,10,15-16,18-19H2,1-2H3. The maximum atomic E-state index is 12.0. The van der Waals surface area contributed by atoms with Gasteiger partial charge in [0.2, 0.25) is 0 Å². The number of unbranched alkanes of at least 4 members (excludes halogenated alkanes) is 1. The lowest BCUT2D eigenvalue weighted by molar-refractivity contribution is -0.151. The Labute approximate surface area is 179 Å². The van der Waals surface area contributed by atoms with Gasteiger partial charge in [-0.2, -0.15) is 0 Å². The number of hydrogen-bond acceptors (Lipinski definition) is 5. The number of rotatable bonds is 13. The van der Waals surface area contributed by atoms with E-state index in [1.807, 2.05) is 54.6 Å². The van der Waals surface area contributed by atoms with Crippen LogP contribution in [-0.4, -0.2) is 18.5 Å². The van der Waals surface area contributed by atoms with Crippen LogP contribution in [0.5, 0.6) is 11.5 Å². The van der Waals surface area contributed by atoms with Gasteiger partial charge in [-0.15, -0.1) is 0 Å². The molecule has 0 fully saturated rings. The van der Waals surface area contributed by atoms with Gasteiger partial charge in [0.05, 0.1) is 19.4 Å². The van der Waals surface area contributed by atoms with E-state index in [1.54, 1.807) is 0 Å². The minimum absolute atomic E-state index is 0.0186. The summed E-state index contributed by atoms with van der Waals surface area (Å²) in [7, 11) is 0. The predicted molar refractivity (Wildman–Crippen MR) is 116 cm³/mol. The Hall–Kier alpha value is -2.82. The predicted octanol–water partition coefficient (Wildman–Crippen LogP) is 6.06. The molecule has 1 unspecified atom stereocenters. The molecule has 2 rings (SSSR count). The summed E-state index contributed by atoms with van der Waals surface area (Å²) in [4.78, 5) is 23.9. The van der Waals surface area contributed by atoms with E-state index >= 15 is 0 Å². The Morgan fingerprint density at radius 1 is 0.867 bits per heavy atom. The zero-order chi connectivity index (χ0) is 21.6. The van der Waals surface area contributed by atoms with Crippen LogP contribution in [0, 0.1) is 5.92 Å². The summed E-state index contributed by atoms with van der Waals surface area (Å²) in [5.74, 6) is 1.04. The second kappa shape index (κ2) is 13.4. The van der Waals surface area contributed by atoms with Crippen molar-refractivity contribution in [2.45, 2.75) is 59.0 Å². The second-order valence-electron chi connectivity index (χ2n) is 7.32. The van der Waals surface area contributed by atoms with Crippen LogP contribution in [0.2, 0.25) is 0 Å². The summed E-state index contributed by atoms with van der Waals surface area (Å²) >= 11 is 0. The number of carbonyl (C=O) groups is 2. The molecule has 2 aromatic carbocycles. The van der Waals surface area contributed by atoms with Crippen molar-refractivity contribution in [2.75, 3.05) is 6.61 Å². The third-order valence-electron chi connectivity index (χ3n) is 4.83. The van der Waals surface area contributed by atoms with Crippen molar-refractivity contribution in [1.29, 1.82) is 0 Å². The van der Waals surface area contributed by atoms with Gasteiger partial charge in [-0.25, -0.2) is 0 Å². The molecule has 0 aliphatic heterocycles. The first-order valence-corrected chi connectivity index (χ1v) is 10.7. The molecular formula is C25H32O5. The van der Waals surface area contributed by atoms with Crippen LogP contribution in [0.4, 0.5) is 0 Å². The normalized spacial score (nSPS) is 11.5. The minimum Gasteiger partial charge on any atom is -0.465 e. The fourth-order valence-corrected chi connectivity index (χ4v) is 2.94. The van der Waals surface area contributed by atoms with Gasteiger partial charge in [-0.05, 0) is 42.2 Å². The summed E-state index contributed by atoms with van der Waals surface area (Å²) < 4.78 is 16.4. The van der Waals surface area contributed by atoms with Gasteiger partial charge < -0.3 is 14.2 Å². The highest BCUT2D eigenvalue weighted by molar-refractivity contribution is 5.77. The van der Waals surface area contributed by atoms with Crippen LogP contribution >= 0.6 is 0 Å². The molecule has 0 spiro atoms. The van der Waals surface area contributed by atoms with Crippen LogP contribution in [0.3, 0.4) is 0 Å². The van der Waals surface area contributed by atoms with Crippen molar-refractivity contribution >= 4 is 11.9 Å². The maximum absolute atomic E-state index is 12.0. The van der Waals surface area contributed by atoms with Crippen molar-refractivity contribution in [3.05, 3.63) is 60.2 Å². The average molecular weight is 413 g/mol. The molecule has 0 aromatic heterocycles. The molecular weight excluding hydrogens is 380 g/mol. The Bertz CT molecular complexity index is 772. The molecule has 0 aliphatic rings. The van der Waals surface area contributed by atoms with Crippen LogP contribution in [0.15, 0.2) is 54.6 Å². The third-order valence-corrected chi connectivity index (χ3v) is 4.83. The van der Waals surface area contributed by atoms with Gasteiger partial charge in [0.15, 0.2) is 0 Å². The van der Waals surface area contributed by atoms with Gasteiger partial charge >= 0.3 is 11.9 Å². The van der Waals surface area contributed by atoms with Crippen LogP contribution in [0.1, 0.15) is 57.9 Å². The largest absolute Gasteiger partial charge is 0.465 e. The SMILES string of the molecule is CCCCC(CC)COC(=O)CCC(=O)OCc1cccc(Oc2ccccc2)c1. The quantitative estimate of drug-likeness (QED) is 0.374. The number of benzene rings is 2. The molecule has 5 heteroatoms. The Kier molecular flexibility index (Phi) is 10.5. The summed E-state index contributed by atoms with van der Waals surface area (Å²) in [6.07, 6.45) is 4.39. The molecule has 0 amide bonds. The van der Waals surface area contributed by atoms with Crippen molar-refractivity contribution < 1.29 is 23.8 Å². The van der Waals surface area contributed by atoms with E-state index in [1.165, 1.54) is 0 Å². The van der Waals surface area contributed by atoms with E-state index < -0.39 is 5.97 Å². The number of para-hydroxylation sites is 1. The fraction of sp³-hybridized carbons (Fsp3) is 0.440. The molecule has 0 N–H and O–H groups in total. The van der Waals surface area contributed by atoms with E-state index in [0.717, 1.165) is 37.0 Å². The van der Waals surface area contributed by atoms with Crippen molar-refractivity contribution in [1.82, 2.24) is 0 Å². The molecule has 0 heterocycles. The van der Waals surface area contributed by atoms with Crippen molar-refractivity contribution in [3.8, 4) is 11.5 Å². The summed E-state index contributed by atoms with van der Waals surface area (Å²) in [6.45, 7) is 4.82. The first-order chi connectivity index (χ1) is 14.6. The van der Waals surface area contributed by atoms with Gasteiger partial charge in [0.1, 0.15) is 18.1 Å². The molecule has 30 heavy (non-hydrogen) atoms. The molecule has 5 nitrogen and oxygen atoms in total. The van der Waals surface area contributed by atoms with E-state index in [0.29, 0.717) is 18.3 Å². The van der Waals surface area contributed by atoms with Gasteiger partial charge in [0.25, 0.3) is 0 Å². The number of hydrogen-bond donors (Lipinski definition) is 0. The third kappa shape index (κ3) is 9.12. The highest BCUT2D eigenvalue weighted by atomic mass is 16.5. The Balaban J connectivity index is 1.69. The van der Waals surface area contributed by atoms with Crippen LogP contribution in [-0.2, 0) is 25.7 Å². The lowest BCUT2D eigenvalue weighted by Gasteiger charge is -2.14. The van der Waals surface area contributed by atoms with E-state index in [-0.39, 0.29) is 25.4 Å². The fourth-order valence-electron chi connectivity index (χ4n) is 2.94. The van der Waals surface area contributed by atoms with Crippen molar-refractivity contribution in [2.24, 2.45) is 5.92 Å². The lowest BCUT2D eigenvalue weighted by Crippen LogP contribution is -2.15. The van der Waals surface area contributed by atoms with Crippen LogP contribution < -0.4 is 4.74 Å². The zero-order valence-electron chi connectivity index (χ0n) is 18.0. The highest BCUT2D eigenvalue weighted by Gasteiger charge is 2.13. The first-order valence-electron chi connectivity index (χ1n) is 10.7. The summed E-state index contributed by atoms with van der Waals surface area (Å²) in [6, 6.07) is 16.9. The maximum Gasteiger partial charge on any atom is 0.306 e. The molecule has 0 aliphatic carbocycles. The van der Waals surface area contributed by atoms with Gasteiger partial charge in [0, 0.05) is 0 Å². The minimum atomic E-state index is -0.417. The van der Waals surface area contributed by atoms with Gasteiger partial charge in [-0.1, -0.05) is 63.4 Å². The first kappa shape index (κ1) is 23.5. The Morgan fingerprint density at radius 3 is 2.27 bits per heavy atom. The highest BCUT2D eigenvalue weighted by Crippen LogP contribution is 2.22. The summed E-state index contributed by atoms with van der Waals surface area (Å²) in [5.41, 5.74) is 0.820. The number of esters is 2. The molecule has 0 radical (unpaired) electrons. The monoisotopic (exact) mass is 412 g/mol. The molecule has 0 saturated carbocycles.